The summed E-state index contributed by atoms with van der Waals surface area (Å²) in [6.45, 7) is 12.2. The van der Waals surface area contributed by atoms with Gasteiger partial charge in [-0.1, -0.05) is 82.1 Å². The number of carbonyl (C=O) groups excluding carboxylic acids is 2. The Balaban J connectivity index is 2.31. The average molecular weight is 508 g/mol. The zero-order valence-corrected chi connectivity index (χ0v) is 22.5. The van der Waals surface area contributed by atoms with Crippen molar-refractivity contribution < 1.29 is 14.3 Å². The van der Waals surface area contributed by atoms with E-state index in [2.05, 4.69) is 26.1 Å². The molecular weight excluding hydrogens is 471 g/mol. The molecule has 0 aliphatic heterocycles. The highest BCUT2D eigenvalue weighted by Gasteiger charge is 2.30. The number of para-hydroxylation sites is 1. The Bertz CT molecular complexity index is 988. The predicted octanol–water partition coefficient (Wildman–Crippen LogP) is 6.39. The summed E-state index contributed by atoms with van der Waals surface area (Å²) in [5.41, 5.74) is 1.66. The number of benzene rings is 2. The van der Waals surface area contributed by atoms with Crippen molar-refractivity contribution in [2.24, 2.45) is 0 Å². The van der Waals surface area contributed by atoms with E-state index in [1.165, 1.54) is 0 Å². The van der Waals surface area contributed by atoms with E-state index in [4.69, 9.17) is 27.9 Å². The largest absolute Gasteiger partial charge is 0.483 e. The van der Waals surface area contributed by atoms with Crippen molar-refractivity contribution in [1.29, 1.82) is 0 Å². The number of nitrogens with zero attached hydrogens (tertiary/aromatic N) is 1. The molecule has 1 N–H and O–H groups in total. The van der Waals surface area contributed by atoms with Crippen LogP contribution in [0, 0.1) is 0 Å². The molecule has 2 rings (SSSR count). The molecule has 7 heteroatoms. The molecule has 0 aromatic heterocycles. The van der Waals surface area contributed by atoms with Crippen molar-refractivity contribution in [1.82, 2.24) is 10.2 Å². The van der Waals surface area contributed by atoms with Gasteiger partial charge in [-0.2, -0.15) is 0 Å². The first kappa shape index (κ1) is 28.0. The average Bonchev–Trinajstić information content (AvgIpc) is 2.79. The van der Waals surface area contributed by atoms with E-state index >= 15 is 0 Å². The molecular formula is C27H36Cl2N2O3. The molecule has 34 heavy (non-hydrogen) atoms. The number of ether oxygens (including phenoxy) is 1. The fourth-order valence-electron chi connectivity index (χ4n) is 3.63. The maximum Gasteiger partial charge on any atom is 0.261 e. The zero-order valence-electron chi connectivity index (χ0n) is 21.0. The number of rotatable bonds is 10. The zero-order chi connectivity index (χ0) is 25.5. The normalized spacial score (nSPS) is 13.2. The molecule has 5 nitrogen and oxygen atoms in total. The molecule has 0 radical (unpaired) electrons. The second-order valence-electron chi connectivity index (χ2n) is 9.55. The van der Waals surface area contributed by atoms with Gasteiger partial charge in [-0.05, 0) is 54.5 Å². The van der Waals surface area contributed by atoms with Crippen LogP contribution in [0.15, 0.2) is 42.5 Å². The highest BCUT2D eigenvalue weighted by molar-refractivity contribution is 6.42. The van der Waals surface area contributed by atoms with Gasteiger partial charge in [0.1, 0.15) is 11.8 Å². The standard InChI is InChI=1S/C27H36Cl2N2O3/c1-7-18(3)30-26(33)23(8-2)31(16-19-13-14-21(28)22(29)15-19)25(32)17-34-24-12-10-9-11-20(24)27(4,5)6/h9-15,18,23H,7-8,16-17H2,1-6H3,(H,30,33)/t18-,23-/m1/s1. The molecule has 0 fully saturated rings. The lowest BCUT2D eigenvalue weighted by Crippen LogP contribution is -2.51. The van der Waals surface area contributed by atoms with Crippen molar-refractivity contribution in [2.75, 3.05) is 6.61 Å². The van der Waals surface area contributed by atoms with Gasteiger partial charge in [-0.3, -0.25) is 9.59 Å². The van der Waals surface area contributed by atoms with E-state index in [-0.39, 0.29) is 36.4 Å². The number of carbonyl (C=O) groups is 2. The molecule has 0 heterocycles. The Morgan fingerprint density at radius 1 is 1.03 bits per heavy atom. The Labute approximate surface area is 213 Å². The monoisotopic (exact) mass is 506 g/mol. The predicted molar refractivity (Wildman–Crippen MR) is 140 cm³/mol. The highest BCUT2D eigenvalue weighted by atomic mass is 35.5. The van der Waals surface area contributed by atoms with Crippen molar-refractivity contribution in [2.45, 2.75) is 78.4 Å². The van der Waals surface area contributed by atoms with Gasteiger partial charge in [0.25, 0.3) is 5.91 Å². The Morgan fingerprint density at radius 2 is 1.71 bits per heavy atom. The van der Waals surface area contributed by atoms with Crippen molar-refractivity contribution in [3.8, 4) is 5.75 Å². The van der Waals surface area contributed by atoms with Gasteiger partial charge in [0.05, 0.1) is 10.0 Å². The van der Waals surface area contributed by atoms with E-state index in [0.29, 0.717) is 22.2 Å². The lowest BCUT2D eigenvalue weighted by atomic mass is 9.86. The van der Waals surface area contributed by atoms with Crippen molar-refractivity contribution in [3.05, 3.63) is 63.6 Å². The van der Waals surface area contributed by atoms with Crippen LogP contribution in [-0.4, -0.2) is 35.4 Å². The third-order valence-corrected chi connectivity index (χ3v) is 6.51. The minimum absolute atomic E-state index is 0.0124. The topological polar surface area (TPSA) is 58.6 Å². The molecule has 2 amide bonds. The minimum Gasteiger partial charge on any atom is -0.483 e. The molecule has 0 saturated heterocycles. The van der Waals surface area contributed by atoms with Gasteiger partial charge in [0, 0.05) is 12.6 Å². The molecule has 2 aromatic rings. The lowest BCUT2D eigenvalue weighted by molar-refractivity contribution is -0.143. The smallest absolute Gasteiger partial charge is 0.261 e. The third-order valence-electron chi connectivity index (χ3n) is 5.77. The van der Waals surface area contributed by atoms with Crippen LogP contribution in [0.2, 0.25) is 10.0 Å². The quantitative estimate of drug-likeness (QED) is 0.405. The molecule has 0 saturated carbocycles. The van der Waals surface area contributed by atoms with Gasteiger partial charge in [-0.25, -0.2) is 0 Å². The van der Waals surface area contributed by atoms with E-state index in [9.17, 15) is 9.59 Å². The Kier molecular flexibility index (Phi) is 10.3. The second-order valence-corrected chi connectivity index (χ2v) is 10.4. The summed E-state index contributed by atoms with van der Waals surface area (Å²) < 4.78 is 5.99. The van der Waals surface area contributed by atoms with Gasteiger partial charge in [0.15, 0.2) is 6.61 Å². The molecule has 0 bridgehead atoms. The first-order valence-corrected chi connectivity index (χ1v) is 12.5. The summed E-state index contributed by atoms with van der Waals surface area (Å²) in [6, 6.07) is 12.3. The van der Waals surface area contributed by atoms with Crippen LogP contribution in [0.3, 0.4) is 0 Å². The van der Waals surface area contributed by atoms with Crippen LogP contribution < -0.4 is 10.1 Å². The number of amides is 2. The number of hydrogen-bond acceptors (Lipinski definition) is 3. The summed E-state index contributed by atoms with van der Waals surface area (Å²) in [5.74, 6) is 0.205. The SMILES string of the molecule is CC[C@@H](C)NC(=O)[C@@H](CC)N(Cc1ccc(Cl)c(Cl)c1)C(=O)COc1ccccc1C(C)(C)C. The lowest BCUT2D eigenvalue weighted by Gasteiger charge is -2.31. The summed E-state index contributed by atoms with van der Waals surface area (Å²) in [5, 5.41) is 3.84. The maximum atomic E-state index is 13.5. The van der Waals surface area contributed by atoms with Crippen LogP contribution in [0.1, 0.15) is 65.5 Å². The molecule has 2 aromatic carbocycles. The summed E-state index contributed by atoms with van der Waals surface area (Å²) in [6.07, 6.45) is 1.27. The molecule has 0 aliphatic carbocycles. The van der Waals surface area contributed by atoms with Crippen LogP contribution in [0.5, 0.6) is 5.75 Å². The highest BCUT2D eigenvalue weighted by Crippen LogP contribution is 2.31. The van der Waals surface area contributed by atoms with Crippen LogP contribution in [-0.2, 0) is 21.5 Å². The van der Waals surface area contributed by atoms with Gasteiger partial charge in [-0.15, -0.1) is 0 Å². The van der Waals surface area contributed by atoms with Crippen LogP contribution in [0.4, 0.5) is 0 Å². The van der Waals surface area contributed by atoms with E-state index in [1.54, 1.807) is 17.0 Å². The van der Waals surface area contributed by atoms with Crippen LogP contribution >= 0.6 is 23.2 Å². The number of hydrogen-bond donors (Lipinski definition) is 1. The summed E-state index contributed by atoms with van der Waals surface area (Å²) >= 11 is 12.3. The summed E-state index contributed by atoms with van der Waals surface area (Å²) in [4.78, 5) is 28.1. The number of nitrogens with one attached hydrogen (secondary N) is 1. The van der Waals surface area contributed by atoms with Crippen LogP contribution in [0.25, 0.3) is 0 Å². The van der Waals surface area contributed by atoms with Crippen molar-refractivity contribution >= 4 is 35.0 Å². The fourth-order valence-corrected chi connectivity index (χ4v) is 3.95. The molecule has 186 valence electrons. The van der Waals surface area contributed by atoms with Crippen molar-refractivity contribution in [3.63, 3.8) is 0 Å². The molecule has 0 unspecified atom stereocenters. The van der Waals surface area contributed by atoms with Gasteiger partial charge >= 0.3 is 0 Å². The summed E-state index contributed by atoms with van der Waals surface area (Å²) in [7, 11) is 0. The van der Waals surface area contributed by atoms with E-state index in [1.807, 2.05) is 51.1 Å². The number of halogens is 2. The Morgan fingerprint density at radius 3 is 2.29 bits per heavy atom. The molecule has 2 atom stereocenters. The van der Waals surface area contributed by atoms with E-state index in [0.717, 1.165) is 17.5 Å². The third kappa shape index (κ3) is 7.64. The van der Waals surface area contributed by atoms with Gasteiger partial charge in [0.2, 0.25) is 5.91 Å². The fraction of sp³-hybridized carbons (Fsp3) is 0.481. The van der Waals surface area contributed by atoms with E-state index < -0.39 is 6.04 Å². The minimum atomic E-state index is -0.641. The molecule has 0 aliphatic rings. The molecule has 0 spiro atoms. The first-order valence-electron chi connectivity index (χ1n) is 11.7. The van der Waals surface area contributed by atoms with Gasteiger partial charge < -0.3 is 15.0 Å². The maximum absolute atomic E-state index is 13.5. The Hall–Kier alpha value is -2.24. The first-order chi connectivity index (χ1) is 16.0. The second kappa shape index (κ2) is 12.5.